The maximum atomic E-state index is 15.5. The SMILES string of the molecule is CCCCCCCCc1ccc(C(=O)C[C@@H](CCN)C(=O)N(C)[C@@H]2C(=O)C[C@@H](C)C(=O)N[C@H](C(=O)CCC#N)Cc3ccc(OCCN)c(c3)-c3cc2ccc3OCCN)c(F)c1. The van der Waals surface area contributed by atoms with Gasteiger partial charge in [0.05, 0.1) is 17.7 Å². The number of hydrogen-bond donors (Lipinski definition) is 4. The predicted molar refractivity (Wildman–Crippen MR) is 240 cm³/mol. The fraction of sp³-hybridized carbons (Fsp3) is 0.510. The summed E-state index contributed by atoms with van der Waals surface area (Å²) in [5.74, 6) is -4.27. The fourth-order valence-corrected chi connectivity index (χ4v) is 8.02. The summed E-state index contributed by atoms with van der Waals surface area (Å²) < 4.78 is 27.7. The first-order chi connectivity index (χ1) is 30.4. The van der Waals surface area contributed by atoms with Gasteiger partial charge >= 0.3 is 0 Å². The summed E-state index contributed by atoms with van der Waals surface area (Å²) in [6.07, 6.45) is 6.71. The average molecular weight is 869 g/mol. The van der Waals surface area contributed by atoms with E-state index >= 15 is 4.39 Å². The molecule has 0 radical (unpaired) electrons. The summed E-state index contributed by atoms with van der Waals surface area (Å²) in [5, 5.41) is 12.0. The Kier molecular flexibility index (Phi) is 20.4. The lowest BCUT2D eigenvalue weighted by Crippen LogP contribution is -2.46. The summed E-state index contributed by atoms with van der Waals surface area (Å²) in [6, 6.07) is 14.7. The van der Waals surface area contributed by atoms with E-state index in [1.807, 2.05) is 6.07 Å². The lowest BCUT2D eigenvalue weighted by Gasteiger charge is -2.32. The van der Waals surface area contributed by atoms with E-state index in [4.69, 9.17) is 26.7 Å². The van der Waals surface area contributed by atoms with Crippen molar-refractivity contribution in [1.82, 2.24) is 10.2 Å². The van der Waals surface area contributed by atoms with Crippen LogP contribution in [0.5, 0.6) is 11.5 Å². The van der Waals surface area contributed by atoms with E-state index in [0.29, 0.717) is 40.2 Å². The molecule has 0 spiro atoms. The second-order valence-electron chi connectivity index (χ2n) is 16.4. The highest BCUT2D eigenvalue weighted by atomic mass is 19.1. The number of rotatable bonds is 23. The number of nitrogens with zero attached hydrogens (tertiary/aromatic N) is 2. The van der Waals surface area contributed by atoms with Gasteiger partial charge in [0.15, 0.2) is 17.3 Å². The van der Waals surface area contributed by atoms with E-state index in [1.54, 1.807) is 49.4 Å². The van der Waals surface area contributed by atoms with Gasteiger partial charge in [-0.25, -0.2) is 4.39 Å². The molecule has 4 bridgehead atoms. The van der Waals surface area contributed by atoms with E-state index in [2.05, 4.69) is 12.2 Å². The number of carbonyl (C=O) groups is 5. The van der Waals surface area contributed by atoms with Crippen molar-refractivity contribution in [2.75, 3.05) is 39.9 Å². The molecule has 1 aliphatic heterocycles. The van der Waals surface area contributed by atoms with Crippen LogP contribution in [0, 0.1) is 29.0 Å². The number of nitrogens with one attached hydrogen (secondary N) is 1. The van der Waals surface area contributed by atoms with Crippen molar-refractivity contribution in [2.45, 2.75) is 109 Å². The number of ether oxygens (including phenoxy) is 2. The Bertz CT molecular complexity index is 2090. The van der Waals surface area contributed by atoms with Gasteiger partial charge in [-0.1, -0.05) is 64.2 Å². The second kappa shape index (κ2) is 25.6. The highest BCUT2D eigenvalue weighted by molar-refractivity contribution is 6.00. The number of benzene rings is 3. The number of aryl methyl sites for hydroxylation is 1. The number of nitrogens with two attached hydrogens (primary N) is 3. The smallest absolute Gasteiger partial charge is 0.226 e. The number of likely N-dealkylation sites (N-methyl/N-ethyl adjacent to an activating group) is 1. The third-order valence-corrected chi connectivity index (χ3v) is 11.5. The molecule has 4 rings (SSSR count). The molecule has 3 aromatic carbocycles. The van der Waals surface area contributed by atoms with Gasteiger partial charge in [0.2, 0.25) is 11.8 Å². The molecule has 340 valence electrons. The number of nitriles is 1. The van der Waals surface area contributed by atoms with E-state index < -0.39 is 53.1 Å². The van der Waals surface area contributed by atoms with E-state index in [1.165, 1.54) is 36.9 Å². The van der Waals surface area contributed by atoms with Gasteiger partial charge < -0.3 is 36.9 Å². The van der Waals surface area contributed by atoms with Crippen molar-refractivity contribution in [3.05, 3.63) is 82.7 Å². The highest BCUT2D eigenvalue weighted by Gasteiger charge is 2.36. The summed E-state index contributed by atoms with van der Waals surface area (Å²) in [4.78, 5) is 71.4. The molecule has 1 aliphatic rings. The van der Waals surface area contributed by atoms with Crippen LogP contribution in [0.4, 0.5) is 4.39 Å². The maximum Gasteiger partial charge on any atom is 0.226 e. The van der Waals surface area contributed by atoms with Crippen molar-refractivity contribution < 1.29 is 37.8 Å². The molecule has 0 saturated heterocycles. The van der Waals surface area contributed by atoms with Crippen LogP contribution < -0.4 is 32.0 Å². The zero-order chi connectivity index (χ0) is 45.9. The van der Waals surface area contributed by atoms with Crippen molar-refractivity contribution in [3.63, 3.8) is 0 Å². The average Bonchev–Trinajstić information content (AvgIpc) is 3.27. The van der Waals surface area contributed by atoms with E-state index in [0.717, 1.165) is 31.2 Å². The minimum absolute atomic E-state index is 0.0374. The molecule has 0 aromatic heterocycles. The van der Waals surface area contributed by atoms with Crippen molar-refractivity contribution in [2.24, 2.45) is 29.0 Å². The normalized spacial score (nSPS) is 16.9. The fourth-order valence-electron chi connectivity index (χ4n) is 8.02. The minimum atomic E-state index is -1.27. The van der Waals surface area contributed by atoms with Crippen LogP contribution in [-0.4, -0.2) is 80.0 Å². The van der Waals surface area contributed by atoms with Gasteiger partial charge in [-0.2, -0.15) is 5.26 Å². The highest BCUT2D eigenvalue weighted by Crippen LogP contribution is 2.41. The molecule has 3 aromatic rings. The van der Waals surface area contributed by atoms with Gasteiger partial charge in [0.1, 0.15) is 36.6 Å². The standard InChI is InChI=1S/C49H65FN6O7/c1-4-5-6-7-8-9-11-33-13-16-37(40(50)28-33)43(58)31-36(19-21-52)49(61)56(3)47-35-15-18-46(63-25-23-54)39(30-35)38-27-34(14-17-45(38)62-24-22-53)29-41(42(57)12-10-20-51)55-48(60)32(2)26-44(47)59/h13-18,27-28,30,32,36,41,47H,4-12,19,21-26,29,31,52-54H2,1-3H3,(H,55,60)/t32-,36-,41+,47+/m1/s1. The number of hydrogen-bond acceptors (Lipinski definition) is 11. The molecule has 13 nitrogen and oxygen atoms in total. The Balaban J connectivity index is 1.76. The van der Waals surface area contributed by atoms with E-state index in [9.17, 15) is 29.2 Å². The van der Waals surface area contributed by atoms with Crippen LogP contribution in [0.2, 0.25) is 0 Å². The molecule has 0 fully saturated rings. The first-order valence-electron chi connectivity index (χ1n) is 22.3. The van der Waals surface area contributed by atoms with Crippen molar-refractivity contribution in [3.8, 4) is 28.7 Å². The number of amides is 2. The molecule has 63 heavy (non-hydrogen) atoms. The van der Waals surface area contributed by atoms with Gasteiger partial charge in [-0.15, -0.1) is 0 Å². The third kappa shape index (κ3) is 14.3. The predicted octanol–water partition coefficient (Wildman–Crippen LogP) is 6.32. The van der Waals surface area contributed by atoms with Crippen LogP contribution in [0.1, 0.15) is 118 Å². The molecule has 7 N–H and O–H groups in total. The molecule has 4 atom stereocenters. The van der Waals surface area contributed by atoms with Crippen LogP contribution in [0.3, 0.4) is 0 Å². The maximum absolute atomic E-state index is 15.5. The van der Waals surface area contributed by atoms with Crippen LogP contribution >= 0.6 is 0 Å². The van der Waals surface area contributed by atoms with Gasteiger partial charge in [0, 0.05) is 68.8 Å². The largest absolute Gasteiger partial charge is 0.492 e. The number of halogens is 1. The van der Waals surface area contributed by atoms with Gasteiger partial charge in [0.25, 0.3) is 0 Å². The quantitative estimate of drug-likeness (QED) is 0.0610. The zero-order valence-corrected chi connectivity index (χ0v) is 37.1. The zero-order valence-electron chi connectivity index (χ0n) is 37.1. The monoisotopic (exact) mass is 868 g/mol. The topological polar surface area (TPSA) is 221 Å². The Labute approximate surface area is 371 Å². The Morgan fingerprint density at radius 2 is 1.56 bits per heavy atom. The second-order valence-corrected chi connectivity index (χ2v) is 16.4. The van der Waals surface area contributed by atoms with Crippen molar-refractivity contribution >= 4 is 29.2 Å². The summed E-state index contributed by atoms with van der Waals surface area (Å²) in [6.45, 7) is 4.51. The van der Waals surface area contributed by atoms with Crippen molar-refractivity contribution in [1.29, 1.82) is 5.26 Å². The van der Waals surface area contributed by atoms with E-state index in [-0.39, 0.29) is 82.7 Å². The number of Topliss-reactive ketones (excluding diaryl/α,β-unsaturated/α-hetero) is 3. The summed E-state index contributed by atoms with van der Waals surface area (Å²) >= 11 is 0. The summed E-state index contributed by atoms with van der Waals surface area (Å²) in [7, 11) is 1.46. The number of carbonyl (C=O) groups excluding carboxylic acids is 5. The van der Waals surface area contributed by atoms with Gasteiger partial charge in [-0.3, -0.25) is 24.0 Å². The summed E-state index contributed by atoms with van der Waals surface area (Å²) in [5.41, 5.74) is 20.4. The molecule has 14 heteroatoms. The molecule has 1 heterocycles. The molecular formula is C49H65FN6O7. The Hall–Kier alpha value is -5.49. The number of fused-ring (bicyclic) bond motifs is 5. The van der Waals surface area contributed by atoms with Crippen LogP contribution in [-0.2, 0) is 32.0 Å². The van der Waals surface area contributed by atoms with Gasteiger partial charge in [-0.05, 0) is 85.3 Å². The first kappa shape index (κ1) is 50.2. The Morgan fingerprint density at radius 1 is 0.889 bits per heavy atom. The molecule has 0 unspecified atom stereocenters. The first-order valence-corrected chi connectivity index (χ1v) is 22.3. The molecule has 0 aliphatic carbocycles. The molecule has 2 amide bonds. The lowest BCUT2D eigenvalue weighted by molar-refractivity contribution is -0.142. The Morgan fingerprint density at radius 3 is 2.21 bits per heavy atom. The number of ketones is 3. The molecule has 0 saturated carbocycles. The lowest BCUT2D eigenvalue weighted by atomic mass is 9.88. The minimum Gasteiger partial charge on any atom is -0.492 e. The molecular weight excluding hydrogens is 804 g/mol. The number of unbranched alkanes of at least 4 members (excludes halogenated alkanes) is 5. The third-order valence-electron chi connectivity index (χ3n) is 11.5. The van der Waals surface area contributed by atoms with Crippen LogP contribution in [0.25, 0.3) is 11.1 Å². The van der Waals surface area contributed by atoms with Crippen LogP contribution in [0.15, 0.2) is 54.6 Å².